The number of thioether (sulfide) groups is 1. The lowest BCUT2D eigenvalue weighted by molar-refractivity contribution is 0.437. The van der Waals surface area contributed by atoms with E-state index < -0.39 is 0 Å². The predicted octanol–water partition coefficient (Wildman–Crippen LogP) is 3.08. The van der Waals surface area contributed by atoms with E-state index in [9.17, 15) is 0 Å². The largest absolute Gasteiger partial charge is 0.309 e. The molecule has 0 aromatic carbocycles. The minimum atomic E-state index is -0.0677. The van der Waals surface area contributed by atoms with E-state index in [2.05, 4.69) is 49.7 Å². The molecule has 0 atom stereocenters. The van der Waals surface area contributed by atoms with Crippen molar-refractivity contribution in [2.45, 2.75) is 31.2 Å². The van der Waals surface area contributed by atoms with Gasteiger partial charge >= 0.3 is 0 Å². The Balaban J connectivity index is 2.76. The molecule has 0 unspecified atom stereocenters. The van der Waals surface area contributed by atoms with E-state index in [0.29, 0.717) is 5.15 Å². The molecule has 1 aromatic rings. The Morgan fingerprint density at radius 2 is 1.94 bits per heavy atom. The fourth-order valence-electron chi connectivity index (χ4n) is 1.14. The van der Waals surface area contributed by atoms with Crippen LogP contribution < -0.4 is 0 Å². The Morgan fingerprint density at radius 3 is 2.47 bits per heavy atom. The van der Waals surface area contributed by atoms with E-state index in [1.165, 1.54) is 0 Å². The highest BCUT2D eigenvalue weighted by atomic mass is 35.5. The molecule has 1 rings (SSSR count). The second kappa shape index (κ2) is 6.03. The van der Waals surface area contributed by atoms with Crippen molar-refractivity contribution < 1.29 is 0 Å². The van der Waals surface area contributed by atoms with Crippen LogP contribution in [0.5, 0.6) is 0 Å². The lowest BCUT2D eigenvalue weighted by Crippen LogP contribution is -2.17. The van der Waals surface area contributed by atoms with E-state index in [4.69, 9.17) is 11.6 Å². The van der Waals surface area contributed by atoms with Crippen LogP contribution in [0, 0.1) is 0 Å². The normalized spacial score (nSPS) is 12.2. The highest BCUT2D eigenvalue weighted by molar-refractivity contribution is 7.99. The van der Waals surface area contributed by atoms with Crippen LogP contribution in [-0.4, -0.2) is 41.3 Å². The summed E-state index contributed by atoms with van der Waals surface area (Å²) in [5.41, 5.74) is -0.0677. The molecular weight excluding hydrogens is 254 g/mol. The average molecular weight is 274 g/mol. The van der Waals surface area contributed by atoms with Crippen molar-refractivity contribution >= 4 is 23.4 Å². The molecule has 0 amide bonds. The first kappa shape index (κ1) is 14.7. The third kappa shape index (κ3) is 5.23. The minimum Gasteiger partial charge on any atom is -0.309 e. The monoisotopic (exact) mass is 273 g/mol. The first-order valence-electron chi connectivity index (χ1n) is 5.61. The second-order valence-corrected chi connectivity index (χ2v) is 6.76. The molecule has 0 bridgehead atoms. The quantitative estimate of drug-likeness (QED) is 0.623. The Morgan fingerprint density at radius 1 is 1.29 bits per heavy atom. The molecule has 0 saturated carbocycles. The van der Waals surface area contributed by atoms with Crippen LogP contribution in [0.2, 0.25) is 5.15 Å². The zero-order valence-corrected chi connectivity index (χ0v) is 12.7. The number of hydrogen-bond acceptors (Lipinski definition) is 4. The van der Waals surface area contributed by atoms with Crippen LogP contribution in [0.1, 0.15) is 26.6 Å². The van der Waals surface area contributed by atoms with Gasteiger partial charge in [-0.15, -0.1) is 11.8 Å². The molecule has 0 aliphatic carbocycles. The molecule has 0 saturated heterocycles. The minimum absolute atomic E-state index is 0.0677. The molecule has 5 heteroatoms. The predicted molar refractivity (Wildman–Crippen MR) is 75.0 cm³/mol. The summed E-state index contributed by atoms with van der Waals surface area (Å²) in [6, 6.07) is 1.83. The highest BCUT2D eigenvalue weighted by Gasteiger charge is 2.18. The van der Waals surface area contributed by atoms with Crippen LogP contribution >= 0.6 is 23.4 Å². The van der Waals surface area contributed by atoms with E-state index in [0.717, 1.165) is 23.1 Å². The van der Waals surface area contributed by atoms with Crippen molar-refractivity contribution in [3.63, 3.8) is 0 Å². The summed E-state index contributed by atoms with van der Waals surface area (Å²) in [6.07, 6.45) is 0. The Hall–Kier alpha value is -0.320. The standard InChI is InChI=1S/C12H20ClN3S/c1-12(2,3)11-14-9(13)8-10(15-11)17-7-6-16(4)5/h8H,6-7H2,1-5H3. The second-order valence-electron chi connectivity index (χ2n) is 5.25. The van der Waals surface area contributed by atoms with E-state index in [1.807, 2.05) is 6.07 Å². The van der Waals surface area contributed by atoms with Gasteiger partial charge in [0.15, 0.2) is 0 Å². The van der Waals surface area contributed by atoms with Gasteiger partial charge in [-0.1, -0.05) is 32.4 Å². The summed E-state index contributed by atoms with van der Waals surface area (Å²) in [7, 11) is 4.13. The molecule has 0 radical (unpaired) electrons. The van der Waals surface area contributed by atoms with Gasteiger partial charge in [0, 0.05) is 23.8 Å². The smallest absolute Gasteiger partial charge is 0.136 e. The van der Waals surface area contributed by atoms with E-state index in [1.54, 1.807) is 11.8 Å². The Kier molecular flexibility index (Phi) is 5.22. The van der Waals surface area contributed by atoms with Crippen molar-refractivity contribution in [3.05, 3.63) is 17.0 Å². The van der Waals surface area contributed by atoms with E-state index in [-0.39, 0.29) is 5.41 Å². The number of nitrogens with zero attached hydrogens (tertiary/aromatic N) is 3. The lowest BCUT2D eigenvalue weighted by Gasteiger charge is -2.17. The number of hydrogen-bond donors (Lipinski definition) is 0. The Bertz CT molecular complexity index is 375. The maximum Gasteiger partial charge on any atom is 0.136 e. The van der Waals surface area contributed by atoms with Crippen LogP contribution in [0.25, 0.3) is 0 Å². The zero-order valence-electron chi connectivity index (χ0n) is 11.1. The molecule has 1 aromatic heterocycles. The molecular formula is C12H20ClN3S. The van der Waals surface area contributed by atoms with Gasteiger partial charge in [0.2, 0.25) is 0 Å². The summed E-state index contributed by atoms with van der Waals surface area (Å²) in [4.78, 5) is 11.0. The van der Waals surface area contributed by atoms with Gasteiger partial charge in [-0.2, -0.15) is 0 Å². The van der Waals surface area contributed by atoms with Gasteiger partial charge < -0.3 is 4.90 Å². The highest BCUT2D eigenvalue weighted by Crippen LogP contribution is 2.24. The molecule has 0 aliphatic heterocycles. The molecule has 0 spiro atoms. The van der Waals surface area contributed by atoms with Gasteiger partial charge in [0.1, 0.15) is 16.0 Å². The summed E-state index contributed by atoms with van der Waals surface area (Å²) in [6.45, 7) is 7.30. The molecule has 17 heavy (non-hydrogen) atoms. The fourth-order valence-corrected chi connectivity index (χ4v) is 2.40. The van der Waals surface area contributed by atoms with E-state index >= 15 is 0 Å². The van der Waals surface area contributed by atoms with Crippen LogP contribution in [0.4, 0.5) is 0 Å². The maximum atomic E-state index is 6.02. The van der Waals surface area contributed by atoms with Gasteiger partial charge in [0.05, 0.1) is 0 Å². The van der Waals surface area contributed by atoms with Crippen LogP contribution in [0.3, 0.4) is 0 Å². The molecule has 0 aliphatic rings. The van der Waals surface area contributed by atoms with Crippen molar-refractivity contribution in [2.24, 2.45) is 0 Å². The molecule has 96 valence electrons. The van der Waals surface area contributed by atoms with Crippen molar-refractivity contribution in [1.29, 1.82) is 0 Å². The molecule has 1 heterocycles. The summed E-state index contributed by atoms with van der Waals surface area (Å²) >= 11 is 7.74. The molecule has 0 N–H and O–H groups in total. The molecule has 0 fully saturated rings. The SMILES string of the molecule is CN(C)CCSc1cc(Cl)nc(C(C)(C)C)n1. The number of aromatic nitrogens is 2. The first-order valence-corrected chi connectivity index (χ1v) is 6.98. The third-order valence-corrected chi connectivity index (χ3v) is 3.22. The van der Waals surface area contributed by atoms with Gasteiger partial charge in [-0.25, -0.2) is 9.97 Å². The fraction of sp³-hybridized carbons (Fsp3) is 0.667. The Labute approximate surface area is 113 Å². The third-order valence-electron chi connectivity index (χ3n) is 2.13. The maximum absolute atomic E-state index is 6.02. The van der Waals surface area contributed by atoms with Crippen LogP contribution in [0.15, 0.2) is 11.1 Å². The first-order chi connectivity index (χ1) is 7.79. The molecule has 3 nitrogen and oxygen atoms in total. The van der Waals surface area contributed by atoms with Crippen molar-refractivity contribution in [3.8, 4) is 0 Å². The van der Waals surface area contributed by atoms with Crippen molar-refractivity contribution in [1.82, 2.24) is 14.9 Å². The van der Waals surface area contributed by atoms with Gasteiger partial charge in [-0.05, 0) is 14.1 Å². The summed E-state index contributed by atoms with van der Waals surface area (Å²) < 4.78 is 0. The zero-order chi connectivity index (χ0) is 13.1. The summed E-state index contributed by atoms with van der Waals surface area (Å²) in [5.74, 6) is 1.81. The summed E-state index contributed by atoms with van der Waals surface area (Å²) in [5, 5.41) is 1.48. The van der Waals surface area contributed by atoms with Gasteiger partial charge in [0.25, 0.3) is 0 Å². The average Bonchev–Trinajstić information content (AvgIpc) is 2.14. The van der Waals surface area contributed by atoms with Crippen molar-refractivity contribution in [2.75, 3.05) is 26.4 Å². The topological polar surface area (TPSA) is 29.0 Å². The van der Waals surface area contributed by atoms with Gasteiger partial charge in [-0.3, -0.25) is 0 Å². The van der Waals surface area contributed by atoms with Crippen LogP contribution in [-0.2, 0) is 5.41 Å². The lowest BCUT2D eigenvalue weighted by atomic mass is 9.96. The number of halogens is 1. The number of rotatable bonds is 4.